The van der Waals surface area contributed by atoms with Crippen LogP contribution >= 0.6 is 0 Å². The van der Waals surface area contributed by atoms with Crippen LogP contribution in [-0.2, 0) is 10.0 Å². The Morgan fingerprint density at radius 2 is 1.72 bits per heavy atom. The molecule has 2 aromatic carbocycles. The van der Waals surface area contributed by atoms with Crippen molar-refractivity contribution in [2.75, 3.05) is 5.32 Å². The number of carbonyl (C=O) groups excluding carboxylic acids is 1. The number of sulfonamides is 1. The van der Waals surface area contributed by atoms with Crippen molar-refractivity contribution in [3.05, 3.63) is 53.6 Å². The number of hydrogen-bond acceptors (Lipinski definition) is 4. The third-order valence-electron chi connectivity index (χ3n) is 3.13. The number of halogens is 3. The Morgan fingerprint density at radius 1 is 1.12 bits per heavy atom. The van der Waals surface area contributed by atoms with Gasteiger partial charge in [0.05, 0.1) is 4.90 Å². The lowest BCUT2D eigenvalue weighted by atomic mass is 10.1. The monoisotopic (exact) mass is 374 g/mol. The fourth-order valence-corrected chi connectivity index (χ4v) is 2.50. The molecule has 25 heavy (non-hydrogen) atoms. The highest BCUT2D eigenvalue weighted by molar-refractivity contribution is 7.89. The largest absolute Gasteiger partial charge is 0.573 e. The van der Waals surface area contributed by atoms with Crippen LogP contribution < -0.4 is 15.2 Å². The number of nitrogens with one attached hydrogen (secondary N) is 1. The quantitative estimate of drug-likeness (QED) is 0.860. The molecule has 3 N–H and O–H groups in total. The maximum atomic E-state index is 12.3. The number of carbonyl (C=O) groups is 1. The second kappa shape index (κ2) is 6.73. The van der Waals surface area contributed by atoms with Crippen LogP contribution in [0.25, 0.3) is 0 Å². The zero-order chi connectivity index (χ0) is 18.8. The first kappa shape index (κ1) is 18.7. The van der Waals surface area contributed by atoms with E-state index in [1.165, 1.54) is 24.3 Å². The van der Waals surface area contributed by atoms with Crippen LogP contribution in [0.1, 0.15) is 15.9 Å². The molecule has 6 nitrogen and oxygen atoms in total. The second-order valence-corrected chi connectivity index (χ2v) is 6.61. The number of alkyl halides is 3. The van der Waals surface area contributed by atoms with Crippen molar-refractivity contribution < 1.29 is 31.1 Å². The van der Waals surface area contributed by atoms with Crippen LogP contribution in [0, 0.1) is 6.92 Å². The number of nitrogens with two attached hydrogens (primary N) is 1. The number of amides is 1. The SMILES string of the molecule is Cc1ccc(S(N)(=O)=O)cc1C(=O)Nc1ccc(OC(F)(F)F)cc1. The summed E-state index contributed by atoms with van der Waals surface area (Å²) < 4.78 is 62.8. The van der Waals surface area contributed by atoms with Crippen LogP contribution in [0.4, 0.5) is 18.9 Å². The van der Waals surface area contributed by atoms with E-state index in [0.29, 0.717) is 5.56 Å². The van der Waals surface area contributed by atoms with Crippen molar-refractivity contribution in [2.45, 2.75) is 18.2 Å². The summed E-state index contributed by atoms with van der Waals surface area (Å²) in [6.07, 6.45) is -4.81. The Morgan fingerprint density at radius 3 is 2.24 bits per heavy atom. The standard InChI is InChI=1S/C15H13F3N2O4S/c1-9-2-7-12(25(19,22)23)8-13(9)14(21)20-10-3-5-11(6-4-10)24-15(16,17)18/h2-8H,1H3,(H,20,21)(H2,19,22,23). The molecule has 0 saturated heterocycles. The lowest BCUT2D eigenvalue weighted by Crippen LogP contribution is -2.18. The molecule has 10 heteroatoms. The summed E-state index contributed by atoms with van der Waals surface area (Å²) in [6, 6.07) is 8.34. The number of primary sulfonamides is 1. The van der Waals surface area contributed by atoms with Crippen molar-refractivity contribution in [3.63, 3.8) is 0 Å². The average Bonchev–Trinajstić information content (AvgIpc) is 2.47. The number of ether oxygens (including phenoxy) is 1. The topological polar surface area (TPSA) is 98.5 Å². The zero-order valence-electron chi connectivity index (χ0n) is 12.8. The minimum Gasteiger partial charge on any atom is -0.406 e. The van der Waals surface area contributed by atoms with Gasteiger partial charge in [-0.2, -0.15) is 0 Å². The number of benzene rings is 2. The molecular weight excluding hydrogens is 361 g/mol. The maximum absolute atomic E-state index is 12.3. The molecule has 2 rings (SSSR count). The van der Waals surface area contributed by atoms with Gasteiger partial charge in [0.1, 0.15) is 5.75 Å². The highest BCUT2D eigenvalue weighted by Gasteiger charge is 2.31. The first-order valence-corrected chi connectivity index (χ1v) is 8.31. The first-order chi connectivity index (χ1) is 11.5. The van der Waals surface area contributed by atoms with E-state index < -0.39 is 28.0 Å². The Bertz CT molecular complexity index is 894. The van der Waals surface area contributed by atoms with Crippen molar-refractivity contribution in [3.8, 4) is 5.75 Å². The minimum atomic E-state index is -4.81. The summed E-state index contributed by atoms with van der Waals surface area (Å²) in [7, 11) is -3.97. The van der Waals surface area contributed by atoms with Gasteiger partial charge in [0.25, 0.3) is 5.91 Å². The second-order valence-electron chi connectivity index (χ2n) is 5.05. The van der Waals surface area contributed by atoms with E-state index in [0.717, 1.165) is 18.2 Å². The molecule has 0 radical (unpaired) electrons. The summed E-state index contributed by atoms with van der Waals surface area (Å²) >= 11 is 0. The Labute approximate surface area is 141 Å². The minimum absolute atomic E-state index is 0.0714. The summed E-state index contributed by atoms with van der Waals surface area (Å²) in [5.41, 5.74) is 0.781. The van der Waals surface area contributed by atoms with Gasteiger partial charge in [0.15, 0.2) is 0 Å². The van der Waals surface area contributed by atoms with Gasteiger partial charge in [-0.1, -0.05) is 6.07 Å². The Balaban J connectivity index is 2.20. The van der Waals surface area contributed by atoms with E-state index in [1.807, 2.05) is 0 Å². The zero-order valence-corrected chi connectivity index (χ0v) is 13.6. The molecule has 2 aromatic rings. The molecule has 0 spiro atoms. The third-order valence-corrected chi connectivity index (χ3v) is 4.04. The van der Waals surface area contributed by atoms with Crippen molar-refractivity contribution in [1.82, 2.24) is 0 Å². The van der Waals surface area contributed by atoms with E-state index in [1.54, 1.807) is 6.92 Å². The van der Waals surface area contributed by atoms with Gasteiger partial charge in [-0.25, -0.2) is 13.6 Å². The number of anilines is 1. The lowest BCUT2D eigenvalue weighted by molar-refractivity contribution is -0.274. The predicted molar refractivity (Wildman–Crippen MR) is 83.6 cm³/mol. The summed E-state index contributed by atoms with van der Waals surface area (Å²) in [5, 5.41) is 7.49. The van der Waals surface area contributed by atoms with E-state index in [4.69, 9.17) is 5.14 Å². The van der Waals surface area contributed by atoms with Gasteiger partial charge >= 0.3 is 6.36 Å². The predicted octanol–water partition coefficient (Wildman–Crippen LogP) is 2.79. The van der Waals surface area contributed by atoms with E-state index in [2.05, 4.69) is 10.1 Å². The van der Waals surface area contributed by atoms with Crippen LogP contribution in [0.2, 0.25) is 0 Å². The fourth-order valence-electron chi connectivity index (χ4n) is 1.96. The van der Waals surface area contributed by atoms with Crippen LogP contribution in [-0.4, -0.2) is 20.7 Å². The molecule has 0 aromatic heterocycles. The molecule has 1 amide bonds. The Kier molecular flexibility index (Phi) is 5.04. The van der Waals surface area contributed by atoms with Crippen LogP contribution in [0.3, 0.4) is 0 Å². The molecule has 0 bridgehead atoms. The number of aryl methyl sites for hydroxylation is 1. The molecule has 0 aliphatic rings. The molecule has 0 aliphatic carbocycles. The van der Waals surface area contributed by atoms with Gasteiger partial charge in [0.2, 0.25) is 10.0 Å². The van der Waals surface area contributed by atoms with E-state index >= 15 is 0 Å². The Hall–Kier alpha value is -2.59. The highest BCUT2D eigenvalue weighted by atomic mass is 32.2. The van der Waals surface area contributed by atoms with Crippen molar-refractivity contribution in [2.24, 2.45) is 5.14 Å². The van der Waals surface area contributed by atoms with Crippen LogP contribution in [0.15, 0.2) is 47.4 Å². The molecule has 134 valence electrons. The van der Waals surface area contributed by atoms with E-state index in [9.17, 15) is 26.4 Å². The van der Waals surface area contributed by atoms with Gasteiger partial charge in [0, 0.05) is 11.3 Å². The maximum Gasteiger partial charge on any atom is 0.573 e. The summed E-state index contributed by atoms with van der Waals surface area (Å²) in [5.74, 6) is -1.06. The fraction of sp³-hybridized carbons (Fsp3) is 0.133. The first-order valence-electron chi connectivity index (χ1n) is 6.76. The molecule has 0 aliphatic heterocycles. The number of hydrogen-bond donors (Lipinski definition) is 2. The van der Waals surface area contributed by atoms with Crippen molar-refractivity contribution >= 4 is 21.6 Å². The van der Waals surface area contributed by atoms with Gasteiger partial charge in [-0.3, -0.25) is 4.79 Å². The van der Waals surface area contributed by atoms with Crippen LogP contribution in [0.5, 0.6) is 5.75 Å². The molecular formula is C15H13F3N2O4S. The summed E-state index contributed by atoms with van der Waals surface area (Å²) in [4.78, 5) is 12.0. The normalized spacial score (nSPS) is 11.9. The smallest absolute Gasteiger partial charge is 0.406 e. The number of rotatable bonds is 4. The third kappa shape index (κ3) is 5.19. The molecule has 0 atom stereocenters. The molecule has 0 unspecified atom stereocenters. The van der Waals surface area contributed by atoms with Gasteiger partial charge in [-0.05, 0) is 48.9 Å². The van der Waals surface area contributed by atoms with Crippen molar-refractivity contribution in [1.29, 1.82) is 0 Å². The summed E-state index contributed by atoms with van der Waals surface area (Å²) in [6.45, 7) is 1.60. The highest BCUT2D eigenvalue weighted by Crippen LogP contribution is 2.24. The lowest BCUT2D eigenvalue weighted by Gasteiger charge is -2.11. The molecule has 0 heterocycles. The van der Waals surface area contributed by atoms with E-state index in [-0.39, 0.29) is 16.1 Å². The van der Waals surface area contributed by atoms with Gasteiger partial charge < -0.3 is 10.1 Å². The van der Waals surface area contributed by atoms with Gasteiger partial charge in [-0.15, -0.1) is 13.2 Å². The molecule has 0 saturated carbocycles. The molecule has 0 fully saturated rings. The average molecular weight is 374 g/mol.